The molecule has 0 aliphatic carbocycles. The van der Waals surface area contributed by atoms with Crippen LogP contribution in [0.25, 0.3) is 0 Å². The van der Waals surface area contributed by atoms with E-state index in [9.17, 15) is 24.0 Å². The van der Waals surface area contributed by atoms with Crippen LogP contribution < -0.4 is 5.32 Å². The molecule has 0 aromatic heterocycles. The van der Waals surface area contributed by atoms with Crippen molar-refractivity contribution >= 4 is 29.8 Å². The highest BCUT2D eigenvalue weighted by molar-refractivity contribution is 5.94. The Morgan fingerprint density at radius 3 is 1.91 bits per heavy atom. The van der Waals surface area contributed by atoms with Gasteiger partial charge in [0.05, 0.1) is 0 Å². The second-order valence-corrected chi connectivity index (χ2v) is 6.97. The predicted molar refractivity (Wildman–Crippen MR) is 106 cm³/mol. The van der Waals surface area contributed by atoms with Gasteiger partial charge in [0.25, 0.3) is 5.91 Å². The third-order valence-corrected chi connectivity index (χ3v) is 4.32. The van der Waals surface area contributed by atoms with Gasteiger partial charge in [-0.25, -0.2) is 0 Å². The van der Waals surface area contributed by atoms with Crippen molar-refractivity contribution in [1.29, 1.82) is 0 Å². The Morgan fingerprint density at radius 1 is 0.812 bits per heavy atom. The van der Waals surface area contributed by atoms with Gasteiger partial charge < -0.3 is 29.0 Å². The molecule has 1 aromatic rings. The van der Waals surface area contributed by atoms with Crippen LogP contribution in [0.4, 0.5) is 0 Å². The fraction of sp³-hybridized carbons (Fsp3) is 0.476. The van der Waals surface area contributed by atoms with Crippen molar-refractivity contribution in [2.24, 2.45) is 0 Å². The van der Waals surface area contributed by atoms with E-state index in [1.165, 1.54) is 6.92 Å². The lowest BCUT2D eigenvalue weighted by atomic mass is 9.95. The Morgan fingerprint density at radius 2 is 1.38 bits per heavy atom. The molecule has 11 heteroatoms. The molecule has 0 bridgehead atoms. The van der Waals surface area contributed by atoms with Crippen LogP contribution in [0.1, 0.15) is 38.1 Å². The zero-order valence-electron chi connectivity index (χ0n) is 18.1. The highest BCUT2D eigenvalue weighted by Crippen LogP contribution is 2.28. The van der Waals surface area contributed by atoms with Gasteiger partial charge in [0.1, 0.15) is 18.8 Å². The van der Waals surface area contributed by atoms with E-state index in [1.54, 1.807) is 30.3 Å². The zero-order chi connectivity index (χ0) is 23.8. The molecule has 1 saturated heterocycles. The molecule has 1 N–H and O–H groups in total. The predicted octanol–water partition coefficient (Wildman–Crippen LogP) is 0.500. The van der Waals surface area contributed by atoms with E-state index in [0.29, 0.717) is 0 Å². The summed E-state index contributed by atoms with van der Waals surface area (Å²) in [6, 6.07) is 6.88. The molecule has 1 aromatic carbocycles. The highest BCUT2D eigenvalue weighted by Gasteiger charge is 2.52. The van der Waals surface area contributed by atoms with Gasteiger partial charge in [-0.2, -0.15) is 0 Å². The first-order valence-corrected chi connectivity index (χ1v) is 9.75. The number of nitrogens with one attached hydrogen (secondary N) is 1. The molecule has 5 atom stereocenters. The molecular weight excluding hydrogens is 426 g/mol. The van der Waals surface area contributed by atoms with Crippen LogP contribution in [0.15, 0.2) is 30.3 Å². The minimum absolute atomic E-state index is 0.279. The molecule has 11 nitrogen and oxygen atoms in total. The second-order valence-electron chi connectivity index (χ2n) is 6.97. The largest absolute Gasteiger partial charge is 0.463 e. The molecule has 1 aliphatic rings. The van der Waals surface area contributed by atoms with Crippen molar-refractivity contribution < 1.29 is 47.7 Å². The molecule has 3 unspecified atom stereocenters. The third-order valence-electron chi connectivity index (χ3n) is 4.32. The first-order valence-electron chi connectivity index (χ1n) is 9.75. The van der Waals surface area contributed by atoms with Crippen LogP contribution in [0.3, 0.4) is 0 Å². The topological polar surface area (TPSA) is 144 Å². The van der Waals surface area contributed by atoms with Crippen LogP contribution in [-0.4, -0.2) is 67.0 Å². The minimum Gasteiger partial charge on any atom is -0.463 e. The van der Waals surface area contributed by atoms with Crippen molar-refractivity contribution in [3.05, 3.63) is 35.9 Å². The molecule has 0 saturated carbocycles. The first kappa shape index (κ1) is 24.8. The summed E-state index contributed by atoms with van der Waals surface area (Å²) in [6.45, 7) is 4.16. The monoisotopic (exact) mass is 451 g/mol. The maximum atomic E-state index is 12.8. The third kappa shape index (κ3) is 7.05. The smallest absolute Gasteiger partial charge is 0.305 e. The molecule has 174 valence electrons. The Balaban J connectivity index is 2.44. The molecule has 1 aliphatic heterocycles. The summed E-state index contributed by atoms with van der Waals surface area (Å²) in [5.74, 6) is -3.44. The Labute approximate surface area is 184 Å². The van der Waals surface area contributed by atoms with E-state index in [-0.39, 0.29) is 12.2 Å². The van der Waals surface area contributed by atoms with Gasteiger partial charge in [0.15, 0.2) is 12.2 Å². The van der Waals surface area contributed by atoms with Crippen molar-refractivity contribution in [1.82, 2.24) is 5.32 Å². The van der Waals surface area contributed by atoms with Crippen molar-refractivity contribution in [2.75, 3.05) is 6.61 Å². The summed E-state index contributed by atoms with van der Waals surface area (Å²) < 4.78 is 26.5. The lowest BCUT2D eigenvalue weighted by Gasteiger charge is -2.44. The number of hydrogen-bond donors (Lipinski definition) is 1. The van der Waals surface area contributed by atoms with Gasteiger partial charge in [-0.3, -0.25) is 24.0 Å². The number of ether oxygens (including phenoxy) is 5. The SMILES string of the molecule is CC(=O)OCC1OC(OC(C)=O)C(NC(=O)c2ccccc2)[C@@H](OC(C)=O)[C@H]1OC(C)=O. The first-order chi connectivity index (χ1) is 15.1. The van der Waals surface area contributed by atoms with E-state index in [4.69, 9.17) is 23.7 Å². The number of carbonyl (C=O) groups is 5. The molecule has 0 spiro atoms. The minimum atomic E-state index is -1.43. The van der Waals surface area contributed by atoms with E-state index in [2.05, 4.69) is 5.32 Å². The van der Waals surface area contributed by atoms with Crippen LogP contribution in [0.2, 0.25) is 0 Å². The quantitative estimate of drug-likeness (QED) is 0.460. The van der Waals surface area contributed by atoms with Gasteiger partial charge >= 0.3 is 23.9 Å². The summed E-state index contributed by atoms with van der Waals surface area (Å²) in [5, 5.41) is 2.62. The molecule has 1 amide bonds. The van der Waals surface area contributed by atoms with Crippen LogP contribution in [-0.2, 0) is 42.9 Å². The lowest BCUT2D eigenvalue weighted by Crippen LogP contribution is -2.67. The average Bonchev–Trinajstić information content (AvgIpc) is 2.70. The fourth-order valence-corrected chi connectivity index (χ4v) is 3.14. The molecule has 0 radical (unpaired) electrons. The summed E-state index contributed by atoms with van der Waals surface area (Å²) >= 11 is 0. The summed E-state index contributed by atoms with van der Waals surface area (Å²) in [7, 11) is 0. The summed E-state index contributed by atoms with van der Waals surface area (Å²) in [6.07, 6.45) is -5.18. The van der Waals surface area contributed by atoms with E-state index in [0.717, 1.165) is 20.8 Å². The Hall–Kier alpha value is -3.47. The highest BCUT2D eigenvalue weighted by atomic mass is 16.7. The van der Waals surface area contributed by atoms with Crippen molar-refractivity contribution in [3.8, 4) is 0 Å². The molecular formula is C21H25NO10. The Bertz CT molecular complexity index is 855. The standard InChI is InChI=1S/C21H25NO10/c1-11(23)28-10-16-18(29-12(2)24)19(30-13(3)25)17(21(32-16)31-14(4)26)22-20(27)15-8-6-5-7-9-15/h5-9,16-19,21H,10H2,1-4H3,(H,22,27)/t16?,17?,18-,19+,21?/m0/s1. The van der Waals surface area contributed by atoms with Gasteiger partial charge in [0, 0.05) is 33.3 Å². The van der Waals surface area contributed by atoms with Crippen molar-refractivity contribution in [3.63, 3.8) is 0 Å². The van der Waals surface area contributed by atoms with E-state index >= 15 is 0 Å². The molecule has 32 heavy (non-hydrogen) atoms. The number of amides is 1. The number of carbonyl (C=O) groups excluding carboxylic acids is 5. The fourth-order valence-electron chi connectivity index (χ4n) is 3.14. The lowest BCUT2D eigenvalue weighted by molar-refractivity contribution is -0.270. The zero-order valence-corrected chi connectivity index (χ0v) is 18.1. The van der Waals surface area contributed by atoms with Crippen LogP contribution in [0, 0.1) is 0 Å². The van der Waals surface area contributed by atoms with E-state index < -0.39 is 60.4 Å². The Kier molecular flexibility index (Phi) is 8.71. The van der Waals surface area contributed by atoms with Crippen LogP contribution >= 0.6 is 0 Å². The number of rotatable bonds is 7. The maximum Gasteiger partial charge on any atom is 0.305 e. The summed E-state index contributed by atoms with van der Waals surface area (Å²) in [4.78, 5) is 59.3. The molecule has 2 rings (SSSR count). The number of benzene rings is 1. The summed E-state index contributed by atoms with van der Waals surface area (Å²) in [5.41, 5.74) is 0.279. The van der Waals surface area contributed by atoms with Gasteiger partial charge in [-0.1, -0.05) is 18.2 Å². The molecule has 1 heterocycles. The van der Waals surface area contributed by atoms with Crippen LogP contribution in [0.5, 0.6) is 0 Å². The van der Waals surface area contributed by atoms with Gasteiger partial charge in [-0.05, 0) is 12.1 Å². The normalized spacial score (nSPS) is 24.6. The molecule has 1 fully saturated rings. The maximum absolute atomic E-state index is 12.8. The van der Waals surface area contributed by atoms with E-state index in [1.807, 2.05) is 0 Å². The van der Waals surface area contributed by atoms with Crippen molar-refractivity contribution in [2.45, 2.75) is 58.3 Å². The van der Waals surface area contributed by atoms with Gasteiger partial charge in [0.2, 0.25) is 6.29 Å². The number of hydrogen-bond acceptors (Lipinski definition) is 10. The number of esters is 4. The van der Waals surface area contributed by atoms with Gasteiger partial charge in [-0.15, -0.1) is 0 Å². The average molecular weight is 451 g/mol. The second kappa shape index (κ2) is 11.2.